The lowest BCUT2D eigenvalue weighted by Crippen LogP contribution is -2.31. The molecule has 1 aliphatic heterocycles. The van der Waals surface area contributed by atoms with Crippen molar-refractivity contribution in [2.45, 2.75) is 24.9 Å². The quantitative estimate of drug-likeness (QED) is 0.428. The molecule has 19 heavy (non-hydrogen) atoms. The Labute approximate surface area is 111 Å². The van der Waals surface area contributed by atoms with Crippen LogP contribution in [0.15, 0.2) is 21.9 Å². The number of ether oxygens (including phenoxy) is 1. The summed E-state index contributed by atoms with van der Waals surface area (Å²) in [6, 6.07) is 1.20. The predicted molar refractivity (Wildman–Crippen MR) is 65.0 cm³/mol. The van der Waals surface area contributed by atoms with Crippen molar-refractivity contribution in [2.75, 3.05) is 6.61 Å². The van der Waals surface area contributed by atoms with Crippen LogP contribution in [0.5, 0.6) is 0 Å². The molecule has 0 aliphatic carbocycles. The van der Waals surface area contributed by atoms with E-state index < -0.39 is 29.7 Å². The number of hydrogen-bond acceptors (Lipinski definition) is 7. The van der Waals surface area contributed by atoms with Crippen molar-refractivity contribution >= 4 is 12.0 Å². The minimum Gasteiger partial charge on any atom is -0.390 e. The topological polar surface area (TPSA) is 117 Å². The van der Waals surface area contributed by atoms with Gasteiger partial charge in [0.1, 0.15) is 24.4 Å². The molecular formula is C10H11N3O5S. The summed E-state index contributed by atoms with van der Waals surface area (Å²) in [4.78, 5) is 24.6. The van der Waals surface area contributed by atoms with Crippen LogP contribution in [0.25, 0.3) is 0 Å². The summed E-state index contributed by atoms with van der Waals surface area (Å²) < 4.78 is 11.6. The zero-order valence-electron chi connectivity index (χ0n) is 9.68. The Morgan fingerprint density at radius 3 is 3.16 bits per heavy atom. The van der Waals surface area contributed by atoms with Gasteiger partial charge in [0.15, 0.2) is 5.40 Å². The lowest BCUT2D eigenvalue weighted by atomic mass is 10.2. The van der Waals surface area contributed by atoms with Gasteiger partial charge in [-0.1, -0.05) is 0 Å². The maximum atomic E-state index is 11.6. The lowest BCUT2D eigenvalue weighted by Gasteiger charge is -2.14. The van der Waals surface area contributed by atoms with Crippen LogP contribution in [0.2, 0.25) is 0 Å². The van der Waals surface area contributed by atoms with Gasteiger partial charge in [-0.2, -0.15) is 5.26 Å². The Hall–Kier alpha value is -1.60. The van der Waals surface area contributed by atoms with Gasteiger partial charge >= 0.3 is 5.69 Å². The van der Waals surface area contributed by atoms with E-state index in [0.29, 0.717) is 12.0 Å². The standard InChI is InChI=1S/C10H11N3O5S/c11-5-19-17-4-7-6(14)3-9(18-7)13-2-1-8(15)12-10(13)16/h1-2,6-7,9,14H,3-4H2,(H,12,15,16)/t6?,7-,9-/m0/s1. The molecule has 1 fully saturated rings. The van der Waals surface area contributed by atoms with E-state index in [9.17, 15) is 14.7 Å². The second kappa shape index (κ2) is 6.03. The second-order valence-corrected chi connectivity index (χ2v) is 4.49. The molecule has 9 heteroatoms. The third-order valence-electron chi connectivity index (χ3n) is 2.69. The van der Waals surface area contributed by atoms with Gasteiger partial charge in [0.25, 0.3) is 5.56 Å². The van der Waals surface area contributed by atoms with Gasteiger partial charge in [0, 0.05) is 18.7 Å². The normalized spacial score (nSPS) is 26.2. The zero-order valence-corrected chi connectivity index (χ0v) is 10.5. The van der Waals surface area contributed by atoms with Crippen LogP contribution in [0.3, 0.4) is 0 Å². The summed E-state index contributed by atoms with van der Waals surface area (Å²) in [6.07, 6.45) is -0.573. The maximum Gasteiger partial charge on any atom is 0.330 e. The van der Waals surface area contributed by atoms with Gasteiger partial charge < -0.3 is 9.84 Å². The van der Waals surface area contributed by atoms with Crippen LogP contribution in [0.1, 0.15) is 12.6 Å². The molecule has 1 aliphatic rings. The number of hydrogen-bond donors (Lipinski definition) is 2. The summed E-state index contributed by atoms with van der Waals surface area (Å²) in [7, 11) is 0. The third-order valence-corrected chi connectivity index (χ3v) is 3.02. The van der Waals surface area contributed by atoms with Crippen LogP contribution in [0, 0.1) is 10.7 Å². The Bertz CT molecular complexity index is 592. The van der Waals surface area contributed by atoms with Gasteiger partial charge in [-0.3, -0.25) is 18.5 Å². The number of aromatic nitrogens is 2. The number of rotatable bonds is 4. The number of thiocyanates is 1. The van der Waals surface area contributed by atoms with E-state index in [2.05, 4.69) is 4.98 Å². The first-order valence-corrected chi connectivity index (χ1v) is 6.18. The van der Waals surface area contributed by atoms with E-state index in [0.717, 1.165) is 0 Å². The van der Waals surface area contributed by atoms with Crippen molar-refractivity contribution in [3.63, 3.8) is 0 Å². The van der Waals surface area contributed by atoms with Crippen molar-refractivity contribution in [1.29, 1.82) is 5.26 Å². The number of aromatic amines is 1. The van der Waals surface area contributed by atoms with Crippen LogP contribution in [-0.2, 0) is 8.92 Å². The minimum absolute atomic E-state index is 0.0357. The van der Waals surface area contributed by atoms with Crippen molar-refractivity contribution in [3.05, 3.63) is 33.1 Å². The fourth-order valence-electron chi connectivity index (χ4n) is 1.82. The van der Waals surface area contributed by atoms with E-state index in [4.69, 9.17) is 14.2 Å². The van der Waals surface area contributed by atoms with Gasteiger partial charge in [0.05, 0.1) is 12.7 Å². The lowest BCUT2D eigenvalue weighted by molar-refractivity contribution is -0.0378. The van der Waals surface area contributed by atoms with E-state index in [1.54, 1.807) is 5.40 Å². The number of nitrogens with zero attached hydrogens (tertiary/aromatic N) is 2. The van der Waals surface area contributed by atoms with Gasteiger partial charge in [-0.25, -0.2) is 4.79 Å². The van der Waals surface area contributed by atoms with Crippen molar-refractivity contribution in [1.82, 2.24) is 9.55 Å². The molecule has 102 valence electrons. The smallest absolute Gasteiger partial charge is 0.330 e. The Kier molecular flexibility index (Phi) is 4.39. The van der Waals surface area contributed by atoms with E-state index in [1.807, 2.05) is 0 Å². The number of aliphatic hydroxyl groups is 1. The molecule has 0 spiro atoms. The van der Waals surface area contributed by atoms with Gasteiger partial charge in [-0.15, -0.1) is 0 Å². The molecular weight excluding hydrogens is 274 g/mol. The van der Waals surface area contributed by atoms with E-state index >= 15 is 0 Å². The van der Waals surface area contributed by atoms with Gasteiger partial charge in [0.2, 0.25) is 0 Å². The third kappa shape index (κ3) is 3.24. The summed E-state index contributed by atoms with van der Waals surface area (Å²) in [5.41, 5.74) is -1.09. The first-order valence-electron chi connectivity index (χ1n) is 5.44. The van der Waals surface area contributed by atoms with Crippen LogP contribution < -0.4 is 11.2 Å². The number of aliphatic hydroxyl groups excluding tert-OH is 1. The first-order chi connectivity index (χ1) is 9.11. The highest BCUT2D eigenvalue weighted by Crippen LogP contribution is 2.28. The molecule has 0 amide bonds. The number of H-pyrrole nitrogens is 1. The summed E-state index contributed by atoms with van der Waals surface area (Å²) in [5.74, 6) is 0. The molecule has 1 unspecified atom stereocenters. The maximum absolute atomic E-state index is 11.6. The summed E-state index contributed by atoms with van der Waals surface area (Å²) in [6.45, 7) is 0.0357. The first kappa shape index (κ1) is 13.8. The van der Waals surface area contributed by atoms with Gasteiger partial charge in [-0.05, 0) is 0 Å². The van der Waals surface area contributed by atoms with Crippen LogP contribution in [0.4, 0.5) is 0 Å². The molecule has 0 aromatic carbocycles. The zero-order chi connectivity index (χ0) is 13.8. The predicted octanol–water partition coefficient (Wildman–Crippen LogP) is -0.669. The van der Waals surface area contributed by atoms with Crippen molar-refractivity contribution < 1.29 is 14.0 Å². The molecule has 2 heterocycles. The molecule has 2 N–H and O–H groups in total. The van der Waals surface area contributed by atoms with E-state index in [1.165, 1.54) is 16.8 Å². The summed E-state index contributed by atoms with van der Waals surface area (Å²) >= 11 is 0.598. The van der Waals surface area contributed by atoms with Crippen molar-refractivity contribution in [2.24, 2.45) is 0 Å². The Morgan fingerprint density at radius 2 is 2.47 bits per heavy atom. The molecule has 8 nitrogen and oxygen atoms in total. The Balaban J connectivity index is 2.06. The SMILES string of the molecule is N#CSOC[C@@H]1O[C@H](n2ccc(=O)[nH]c2=O)CC1O. The number of nitrogens with one attached hydrogen (secondary N) is 1. The fraction of sp³-hybridized carbons (Fsp3) is 0.500. The molecule has 2 rings (SSSR count). The van der Waals surface area contributed by atoms with Crippen LogP contribution in [-0.4, -0.2) is 33.5 Å². The molecule has 1 aromatic heterocycles. The second-order valence-electron chi connectivity index (χ2n) is 3.91. The average Bonchev–Trinajstić information content (AvgIpc) is 2.71. The monoisotopic (exact) mass is 285 g/mol. The average molecular weight is 285 g/mol. The molecule has 0 bridgehead atoms. The summed E-state index contributed by atoms with van der Waals surface area (Å²) in [5, 5.41) is 19.8. The highest BCUT2D eigenvalue weighted by atomic mass is 32.2. The minimum atomic E-state index is -0.803. The van der Waals surface area contributed by atoms with Crippen molar-refractivity contribution in [3.8, 4) is 5.40 Å². The van der Waals surface area contributed by atoms with E-state index in [-0.39, 0.29) is 13.0 Å². The highest BCUT2D eigenvalue weighted by molar-refractivity contribution is 7.99. The highest BCUT2D eigenvalue weighted by Gasteiger charge is 2.35. The number of nitriles is 1. The fourth-order valence-corrected chi connectivity index (χ4v) is 2.07. The van der Waals surface area contributed by atoms with Crippen LogP contribution >= 0.6 is 12.0 Å². The largest absolute Gasteiger partial charge is 0.390 e. The molecule has 0 radical (unpaired) electrons. The molecule has 1 saturated heterocycles. The Morgan fingerprint density at radius 1 is 1.68 bits per heavy atom. The molecule has 1 aromatic rings. The molecule has 3 atom stereocenters. The molecule has 0 saturated carbocycles.